The second-order valence-electron chi connectivity index (χ2n) is 7.77. The molecule has 0 aromatic carbocycles. The first kappa shape index (κ1) is 18.2. The molecular weight excluding hydrogens is 318 g/mol. The van der Waals surface area contributed by atoms with Crippen molar-refractivity contribution >= 4 is 17.7 Å². The van der Waals surface area contributed by atoms with Crippen molar-refractivity contribution in [3.63, 3.8) is 0 Å². The predicted octanol–water partition coefficient (Wildman–Crippen LogP) is 1.50. The molecule has 3 rings (SSSR count). The average Bonchev–Trinajstić information content (AvgIpc) is 2.67. The lowest BCUT2D eigenvalue weighted by Crippen LogP contribution is -2.52. The third-order valence-electron chi connectivity index (χ3n) is 6.13. The summed E-state index contributed by atoms with van der Waals surface area (Å²) in [7, 11) is 0. The van der Waals surface area contributed by atoms with Crippen LogP contribution < -0.4 is 0 Å². The van der Waals surface area contributed by atoms with Crippen LogP contribution in [0.25, 0.3) is 0 Å². The van der Waals surface area contributed by atoms with Gasteiger partial charge in [0.25, 0.3) is 0 Å². The van der Waals surface area contributed by atoms with Gasteiger partial charge in [0.05, 0.1) is 0 Å². The smallest absolute Gasteiger partial charge is 0.225 e. The first-order valence-corrected chi connectivity index (χ1v) is 9.89. The highest BCUT2D eigenvalue weighted by Crippen LogP contribution is 2.32. The number of amides is 3. The second-order valence-corrected chi connectivity index (χ2v) is 7.77. The molecule has 0 spiro atoms. The monoisotopic (exact) mass is 349 g/mol. The van der Waals surface area contributed by atoms with E-state index in [0.29, 0.717) is 32.1 Å². The maximum absolute atomic E-state index is 12.7. The maximum Gasteiger partial charge on any atom is 0.225 e. The van der Waals surface area contributed by atoms with Crippen molar-refractivity contribution in [1.82, 2.24) is 14.7 Å². The lowest BCUT2D eigenvalue weighted by Gasteiger charge is -2.38. The number of hydrogen-bond donors (Lipinski definition) is 0. The van der Waals surface area contributed by atoms with Gasteiger partial charge in [0, 0.05) is 58.0 Å². The first-order chi connectivity index (χ1) is 12.1. The van der Waals surface area contributed by atoms with E-state index in [1.54, 1.807) is 11.8 Å². The van der Waals surface area contributed by atoms with Gasteiger partial charge in [-0.25, -0.2) is 0 Å². The molecule has 2 aliphatic heterocycles. The molecule has 0 bridgehead atoms. The molecule has 0 unspecified atom stereocenters. The lowest BCUT2D eigenvalue weighted by atomic mass is 9.80. The Kier molecular flexibility index (Phi) is 5.97. The fourth-order valence-corrected chi connectivity index (χ4v) is 4.46. The Morgan fingerprint density at radius 1 is 0.600 bits per heavy atom. The van der Waals surface area contributed by atoms with Gasteiger partial charge < -0.3 is 14.7 Å². The molecule has 0 radical (unpaired) electrons. The summed E-state index contributed by atoms with van der Waals surface area (Å²) in [5, 5.41) is 0. The van der Waals surface area contributed by atoms with Crippen LogP contribution in [0.1, 0.15) is 51.9 Å². The van der Waals surface area contributed by atoms with Gasteiger partial charge in [-0.2, -0.15) is 0 Å². The van der Waals surface area contributed by atoms with Crippen LogP contribution in [-0.4, -0.2) is 71.7 Å². The van der Waals surface area contributed by atoms with Gasteiger partial charge >= 0.3 is 0 Å². The van der Waals surface area contributed by atoms with Crippen molar-refractivity contribution in [2.24, 2.45) is 11.8 Å². The average molecular weight is 349 g/mol. The number of likely N-dealkylation sites (tertiary alicyclic amines) is 1. The summed E-state index contributed by atoms with van der Waals surface area (Å²) in [5.74, 6) is 0.822. The number of hydrogen-bond acceptors (Lipinski definition) is 3. The summed E-state index contributed by atoms with van der Waals surface area (Å²) < 4.78 is 0. The SMILES string of the molecule is CC(=O)N1CCN(C(=O)C2CCC(C(=O)N3CCCCC3)CC2)CC1. The third-order valence-corrected chi connectivity index (χ3v) is 6.13. The Morgan fingerprint density at radius 3 is 1.44 bits per heavy atom. The highest BCUT2D eigenvalue weighted by atomic mass is 16.2. The van der Waals surface area contributed by atoms with Gasteiger partial charge in [0.1, 0.15) is 0 Å². The molecule has 1 aliphatic carbocycles. The maximum atomic E-state index is 12.7. The topological polar surface area (TPSA) is 60.9 Å². The van der Waals surface area contributed by atoms with E-state index in [9.17, 15) is 14.4 Å². The van der Waals surface area contributed by atoms with Gasteiger partial charge in [-0.3, -0.25) is 14.4 Å². The molecule has 0 atom stereocenters. The number of carbonyl (C=O) groups excluding carboxylic acids is 3. The molecule has 2 heterocycles. The summed E-state index contributed by atoms with van der Waals surface area (Å²) in [6.07, 6.45) is 6.85. The fourth-order valence-electron chi connectivity index (χ4n) is 4.46. The summed E-state index contributed by atoms with van der Waals surface area (Å²) in [5.41, 5.74) is 0. The Labute approximate surface area is 150 Å². The van der Waals surface area contributed by atoms with Crippen LogP contribution >= 0.6 is 0 Å². The van der Waals surface area contributed by atoms with Crippen LogP contribution in [0.15, 0.2) is 0 Å². The minimum atomic E-state index is 0.0642. The summed E-state index contributed by atoms with van der Waals surface area (Å²) >= 11 is 0. The van der Waals surface area contributed by atoms with Crippen LogP contribution in [0, 0.1) is 11.8 Å². The molecule has 0 aromatic heterocycles. The van der Waals surface area contributed by atoms with Crippen molar-refractivity contribution in [1.29, 1.82) is 0 Å². The molecule has 140 valence electrons. The normalized spacial score (nSPS) is 28.0. The van der Waals surface area contributed by atoms with Crippen molar-refractivity contribution in [3.05, 3.63) is 0 Å². The number of piperidine rings is 1. The molecule has 0 N–H and O–H groups in total. The Bertz CT molecular complexity index is 500. The van der Waals surface area contributed by atoms with Crippen LogP contribution in [0.2, 0.25) is 0 Å². The Morgan fingerprint density at radius 2 is 1.00 bits per heavy atom. The molecule has 6 nitrogen and oxygen atoms in total. The van der Waals surface area contributed by atoms with Gasteiger partial charge in [0.2, 0.25) is 17.7 Å². The van der Waals surface area contributed by atoms with E-state index in [4.69, 9.17) is 0 Å². The minimum Gasteiger partial charge on any atom is -0.342 e. The zero-order chi connectivity index (χ0) is 17.8. The van der Waals surface area contributed by atoms with Crippen molar-refractivity contribution in [2.75, 3.05) is 39.3 Å². The molecular formula is C19H31N3O3. The molecule has 6 heteroatoms. The second kappa shape index (κ2) is 8.19. The molecule has 3 amide bonds. The number of rotatable bonds is 2. The molecule has 2 saturated heterocycles. The third kappa shape index (κ3) is 4.33. The van der Waals surface area contributed by atoms with Gasteiger partial charge in [-0.05, 0) is 44.9 Å². The predicted molar refractivity (Wildman–Crippen MR) is 94.7 cm³/mol. The standard InChI is InChI=1S/C19H31N3O3/c1-15(23)20-11-13-22(14-12-20)19(25)17-7-5-16(6-8-17)18(24)21-9-3-2-4-10-21/h16-17H,2-14H2,1H3. The van der Waals surface area contributed by atoms with Gasteiger partial charge in [-0.15, -0.1) is 0 Å². The summed E-state index contributed by atoms with van der Waals surface area (Å²) in [6.45, 7) is 5.98. The van der Waals surface area contributed by atoms with Crippen LogP contribution in [-0.2, 0) is 14.4 Å². The van der Waals surface area contributed by atoms with E-state index in [-0.39, 0.29) is 23.7 Å². The molecule has 25 heavy (non-hydrogen) atoms. The van der Waals surface area contributed by atoms with E-state index in [1.807, 2.05) is 9.80 Å². The molecule has 3 aliphatic rings. The van der Waals surface area contributed by atoms with Crippen LogP contribution in [0.5, 0.6) is 0 Å². The quantitative estimate of drug-likeness (QED) is 0.759. The van der Waals surface area contributed by atoms with Crippen molar-refractivity contribution in [3.8, 4) is 0 Å². The summed E-state index contributed by atoms with van der Waals surface area (Å²) in [6, 6.07) is 0. The van der Waals surface area contributed by atoms with E-state index in [1.165, 1.54) is 6.42 Å². The largest absolute Gasteiger partial charge is 0.342 e. The van der Waals surface area contributed by atoms with E-state index in [2.05, 4.69) is 0 Å². The molecule has 1 saturated carbocycles. The van der Waals surface area contributed by atoms with Crippen molar-refractivity contribution < 1.29 is 14.4 Å². The lowest BCUT2D eigenvalue weighted by molar-refractivity contribution is -0.144. The Balaban J connectivity index is 1.45. The van der Waals surface area contributed by atoms with Crippen molar-refractivity contribution in [2.45, 2.75) is 51.9 Å². The minimum absolute atomic E-state index is 0.0642. The zero-order valence-electron chi connectivity index (χ0n) is 15.4. The molecule has 0 aromatic rings. The fraction of sp³-hybridized carbons (Fsp3) is 0.842. The number of carbonyl (C=O) groups is 3. The zero-order valence-corrected chi connectivity index (χ0v) is 15.4. The van der Waals surface area contributed by atoms with E-state index >= 15 is 0 Å². The number of nitrogens with zero attached hydrogens (tertiary/aromatic N) is 3. The van der Waals surface area contributed by atoms with E-state index in [0.717, 1.165) is 51.6 Å². The molecule has 3 fully saturated rings. The van der Waals surface area contributed by atoms with E-state index < -0.39 is 0 Å². The van der Waals surface area contributed by atoms with Gasteiger partial charge in [0.15, 0.2) is 0 Å². The first-order valence-electron chi connectivity index (χ1n) is 9.89. The van der Waals surface area contributed by atoms with Crippen LogP contribution in [0.3, 0.4) is 0 Å². The highest BCUT2D eigenvalue weighted by molar-refractivity contribution is 5.81. The highest BCUT2D eigenvalue weighted by Gasteiger charge is 2.35. The summed E-state index contributed by atoms with van der Waals surface area (Å²) in [4.78, 5) is 42.5. The van der Waals surface area contributed by atoms with Crippen LogP contribution in [0.4, 0.5) is 0 Å². The Hall–Kier alpha value is -1.59. The number of piperazine rings is 1. The van der Waals surface area contributed by atoms with Gasteiger partial charge in [-0.1, -0.05) is 0 Å².